The van der Waals surface area contributed by atoms with Crippen LogP contribution in [0.5, 0.6) is 0 Å². The predicted octanol–water partition coefficient (Wildman–Crippen LogP) is 2.58. The number of ether oxygens (including phenoxy) is 1. The lowest BCUT2D eigenvalue weighted by Gasteiger charge is -2.31. The summed E-state index contributed by atoms with van der Waals surface area (Å²) in [6.45, 7) is 5.53. The quantitative estimate of drug-likeness (QED) is 0.888. The molecule has 0 saturated carbocycles. The fourth-order valence-corrected chi connectivity index (χ4v) is 3.28. The molecule has 1 N–H and O–H groups in total. The highest BCUT2D eigenvalue weighted by Gasteiger charge is 2.24. The molecule has 138 valence electrons. The Morgan fingerprint density at radius 1 is 1.19 bits per heavy atom. The number of hydrogen-bond acceptors (Lipinski definition) is 6. The van der Waals surface area contributed by atoms with Crippen molar-refractivity contribution in [2.45, 2.75) is 32.6 Å². The first-order chi connectivity index (χ1) is 12.5. The topological polar surface area (TPSA) is 80.2 Å². The SMILES string of the molecule is COCC(=O)N1CCC(c2cccc(Nc3nc(C)cc(C)n3)n2)CC1. The van der Waals surface area contributed by atoms with Crippen LogP contribution in [0.1, 0.15) is 35.8 Å². The second-order valence-electron chi connectivity index (χ2n) is 6.64. The van der Waals surface area contributed by atoms with Crippen LogP contribution in [0.15, 0.2) is 24.3 Å². The number of nitrogens with one attached hydrogen (secondary N) is 1. The van der Waals surface area contributed by atoms with Crippen molar-refractivity contribution < 1.29 is 9.53 Å². The zero-order valence-corrected chi connectivity index (χ0v) is 15.5. The summed E-state index contributed by atoms with van der Waals surface area (Å²) in [6, 6.07) is 7.90. The van der Waals surface area contributed by atoms with E-state index in [0.29, 0.717) is 11.9 Å². The Morgan fingerprint density at radius 3 is 2.54 bits per heavy atom. The van der Waals surface area contributed by atoms with Gasteiger partial charge in [-0.15, -0.1) is 0 Å². The van der Waals surface area contributed by atoms with Crippen molar-refractivity contribution in [2.24, 2.45) is 0 Å². The Hall–Kier alpha value is -2.54. The van der Waals surface area contributed by atoms with Gasteiger partial charge in [-0.1, -0.05) is 6.07 Å². The van der Waals surface area contributed by atoms with Gasteiger partial charge in [0.15, 0.2) is 0 Å². The second-order valence-corrected chi connectivity index (χ2v) is 6.64. The summed E-state index contributed by atoms with van der Waals surface area (Å²) in [6.07, 6.45) is 1.82. The largest absolute Gasteiger partial charge is 0.375 e. The lowest BCUT2D eigenvalue weighted by molar-refractivity contribution is -0.136. The van der Waals surface area contributed by atoms with Gasteiger partial charge in [0.25, 0.3) is 0 Å². The number of nitrogens with zero attached hydrogens (tertiary/aromatic N) is 4. The van der Waals surface area contributed by atoms with Gasteiger partial charge < -0.3 is 15.0 Å². The van der Waals surface area contributed by atoms with Crippen LogP contribution in [0.4, 0.5) is 11.8 Å². The molecule has 1 saturated heterocycles. The molecule has 7 nitrogen and oxygen atoms in total. The molecule has 0 aromatic carbocycles. The molecule has 2 aromatic rings. The van der Waals surface area contributed by atoms with Crippen molar-refractivity contribution in [1.82, 2.24) is 19.9 Å². The molecule has 1 aliphatic heterocycles. The number of pyridine rings is 1. The van der Waals surface area contributed by atoms with Crippen LogP contribution in [-0.4, -0.2) is 52.6 Å². The van der Waals surface area contributed by atoms with E-state index in [2.05, 4.69) is 15.3 Å². The molecule has 3 rings (SSSR count). The number of hydrogen-bond donors (Lipinski definition) is 1. The summed E-state index contributed by atoms with van der Waals surface area (Å²) >= 11 is 0. The van der Waals surface area contributed by atoms with Gasteiger partial charge in [-0.05, 0) is 44.9 Å². The number of piperidine rings is 1. The Labute approximate surface area is 153 Å². The average Bonchev–Trinajstić information content (AvgIpc) is 2.61. The minimum absolute atomic E-state index is 0.0568. The van der Waals surface area contributed by atoms with Crippen LogP contribution in [0, 0.1) is 13.8 Å². The lowest BCUT2D eigenvalue weighted by Crippen LogP contribution is -2.39. The number of methoxy groups -OCH3 is 1. The van der Waals surface area contributed by atoms with Gasteiger partial charge >= 0.3 is 0 Å². The third-order valence-electron chi connectivity index (χ3n) is 4.53. The van der Waals surface area contributed by atoms with E-state index in [-0.39, 0.29) is 12.5 Å². The smallest absolute Gasteiger partial charge is 0.248 e. The zero-order chi connectivity index (χ0) is 18.5. The minimum Gasteiger partial charge on any atom is -0.375 e. The molecule has 3 heterocycles. The summed E-state index contributed by atoms with van der Waals surface area (Å²) in [5.41, 5.74) is 2.88. The standard InChI is InChI=1S/C19H25N5O2/c1-13-11-14(2)21-19(20-13)23-17-6-4-5-16(22-17)15-7-9-24(10-8-15)18(25)12-26-3/h4-6,11,15H,7-10,12H2,1-3H3,(H,20,21,22,23). The Morgan fingerprint density at radius 2 is 1.88 bits per heavy atom. The highest BCUT2D eigenvalue weighted by Crippen LogP contribution is 2.27. The van der Waals surface area contributed by atoms with Crippen molar-refractivity contribution in [2.75, 3.05) is 32.1 Å². The van der Waals surface area contributed by atoms with Crippen LogP contribution in [-0.2, 0) is 9.53 Å². The van der Waals surface area contributed by atoms with E-state index in [1.807, 2.05) is 43.0 Å². The number of aryl methyl sites for hydroxylation is 2. The van der Waals surface area contributed by atoms with Crippen LogP contribution in [0.3, 0.4) is 0 Å². The van der Waals surface area contributed by atoms with Crippen molar-refractivity contribution in [3.8, 4) is 0 Å². The summed E-state index contributed by atoms with van der Waals surface area (Å²) in [4.78, 5) is 27.3. The zero-order valence-electron chi connectivity index (χ0n) is 15.5. The van der Waals surface area contributed by atoms with Gasteiger partial charge in [-0.3, -0.25) is 4.79 Å². The number of carbonyl (C=O) groups is 1. The molecule has 1 fully saturated rings. The highest BCUT2D eigenvalue weighted by molar-refractivity contribution is 5.77. The molecule has 26 heavy (non-hydrogen) atoms. The number of amides is 1. The van der Waals surface area contributed by atoms with Crippen LogP contribution in [0.25, 0.3) is 0 Å². The van der Waals surface area contributed by atoms with E-state index in [4.69, 9.17) is 9.72 Å². The van der Waals surface area contributed by atoms with Gasteiger partial charge in [0, 0.05) is 43.2 Å². The van der Waals surface area contributed by atoms with Gasteiger partial charge in [0.2, 0.25) is 11.9 Å². The molecule has 2 aromatic heterocycles. The first-order valence-electron chi connectivity index (χ1n) is 8.88. The van der Waals surface area contributed by atoms with E-state index >= 15 is 0 Å². The molecule has 7 heteroatoms. The maximum atomic E-state index is 11.9. The molecule has 0 spiro atoms. The van der Waals surface area contributed by atoms with Crippen LogP contribution < -0.4 is 5.32 Å². The molecular weight excluding hydrogens is 330 g/mol. The van der Waals surface area contributed by atoms with Crippen molar-refractivity contribution >= 4 is 17.7 Å². The number of aromatic nitrogens is 3. The molecule has 1 amide bonds. The van der Waals surface area contributed by atoms with Crippen LogP contribution in [0.2, 0.25) is 0 Å². The number of anilines is 2. The third kappa shape index (κ3) is 4.54. The highest BCUT2D eigenvalue weighted by atomic mass is 16.5. The molecule has 1 aliphatic rings. The third-order valence-corrected chi connectivity index (χ3v) is 4.53. The Bertz CT molecular complexity index is 752. The number of rotatable bonds is 5. The maximum absolute atomic E-state index is 11.9. The summed E-state index contributed by atoms with van der Waals surface area (Å²) in [7, 11) is 1.55. The number of likely N-dealkylation sites (tertiary alicyclic amines) is 1. The molecule has 0 atom stereocenters. The first kappa shape index (κ1) is 18.3. The molecular formula is C19H25N5O2. The summed E-state index contributed by atoms with van der Waals surface area (Å²) in [5, 5.41) is 3.19. The van der Waals surface area contributed by atoms with Crippen molar-refractivity contribution in [1.29, 1.82) is 0 Å². The second kappa shape index (κ2) is 8.23. The van der Waals surface area contributed by atoms with Crippen LogP contribution >= 0.6 is 0 Å². The van der Waals surface area contributed by atoms with Crippen molar-refractivity contribution in [3.63, 3.8) is 0 Å². The minimum atomic E-state index is 0.0568. The van der Waals surface area contributed by atoms with Gasteiger partial charge in [-0.2, -0.15) is 0 Å². The van der Waals surface area contributed by atoms with E-state index in [1.54, 1.807) is 7.11 Å². The van der Waals surface area contributed by atoms with Gasteiger partial charge in [0.1, 0.15) is 12.4 Å². The van der Waals surface area contributed by atoms with Crippen molar-refractivity contribution in [3.05, 3.63) is 41.3 Å². The van der Waals surface area contributed by atoms with Gasteiger partial charge in [-0.25, -0.2) is 15.0 Å². The van der Waals surface area contributed by atoms with E-state index < -0.39 is 0 Å². The normalized spacial score (nSPS) is 15.1. The molecule has 0 bridgehead atoms. The fourth-order valence-electron chi connectivity index (χ4n) is 3.28. The number of carbonyl (C=O) groups excluding carboxylic acids is 1. The maximum Gasteiger partial charge on any atom is 0.248 e. The van der Waals surface area contributed by atoms with E-state index in [0.717, 1.165) is 48.8 Å². The summed E-state index contributed by atoms with van der Waals surface area (Å²) in [5.74, 6) is 1.71. The lowest BCUT2D eigenvalue weighted by atomic mass is 9.93. The molecule has 0 aliphatic carbocycles. The molecule has 0 radical (unpaired) electrons. The first-order valence-corrected chi connectivity index (χ1v) is 8.88. The monoisotopic (exact) mass is 355 g/mol. The van der Waals surface area contributed by atoms with Gasteiger partial charge in [0.05, 0.1) is 0 Å². The predicted molar refractivity (Wildman–Crippen MR) is 99.5 cm³/mol. The summed E-state index contributed by atoms with van der Waals surface area (Å²) < 4.78 is 4.93. The Balaban J connectivity index is 1.65. The average molecular weight is 355 g/mol. The Kier molecular flexibility index (Phi) is 5.78. The van der Waals surface area contributed by atoms with E-state index in [9.17, 15) is 4.79 Å². The molecule has 0 unspecified atom stereocenters. The van der Waals surface area contributed by atoms with E-state index in [1.165, 1.54) is 0 Å². The fraction of sp³-hybridized carbons (Fsp3) is 0.474.